The predicted octanol–water partition coefficient (Wildman–Crippen LogP) is 6.07. The Morgan fingerprint density at radius 1 is 1.24 bits per heavy atom. The van der Waals surface area contributed by atoms with Crippen LogP contribution in [0.25, 0.3) is 17.5 Å². The van der Waals surface area contributed by atoms with E-state index in [1.807, 2.05) is 23.6 Å². The van der Waals surface area contributed by atoms with Crippen molar-refractivity contribution in [3.63, 3.8) is 0 Å². The summed E-state index contributed by atoms with van der Waals surface area (Å²) in [4.78, 5) is 11.8. The zero-order valence-electron chi connectivity index (χ0n) is 14.9. The third kappa shape index (κ3) is 5.03. The number of nitrogens with zero attached hydrogens (tertiary/aromatic N) is 3. The fraction of sp³-hybridized carbons (Fsp3) is 0.105. The van der Waals surface area contributed by atoms with Crippen LogP contribution in [-0.4, -0.2) is 30.9 Å². The number of aromatic nitrogens is 3. The van der Waals surface area contributed by atoms with Gasteiger partial charge in [-0.3, -0.25) is 0 Å². The molecule has 2 N–H and O–H groups in total. The minimum Gasteiger partial charge on any atom is -0.506 e. The lowest BCUT2D eigenvalue weighted by molar-refractivity contribution is -0.131. The number of aliphatic carboxylic acids is 1. The predicted molar refractivity (Wildman–Crippen MR) is 121 cm³/mol. The van der Waals surface area contributed by atoms with E-state index in [9.17, 15) is 15.0 Å². The monoisotopic (exact) mass is 557 g/mol. The van der Waals surface area contributed by atoms with Gasteiger partial charge in [-0.05, 0) is 77.1 Å². The maximum Gasteiger partial charge on any atom is 0.342 e. The van der Waals surface area contributed by atoms with Crippen molar-refractivity contribution in [1.29, 1.82) is 0 Å². The quantitative estimate of drug-likeness (QED) is 0.282. The van der Waals surface area contributed by atoms with Crippen LogP contribution >= 0.6 is 55.2 Å². The summed E-state index contributed by atoms with van der Waals surface area (Å²) < 4.78 is 2.97. The first-order valence-corrected chi connectivity index (χ1v) is 11.1. The minimum absolute atomic E-state index is 0.00458. The molecule has 0 spiro atoms. The molecule has 0 atom stereocenters. The van der Waals surface area contributed by atoms with Gasteiger partial charge in [-0.2, -0.15) is 0 Å². The Bertz CT molecular complexity index is 1100. The molecule has 3 rings (SSSR count). The molecule has 1 aromatic heterocycles. The first-order valence-electron chi connectivity index (χ1n) is 8.30. The molecule has 0 unspecified atom stereocenters. The first kappa shape index (κ1) is 21.9. The van der Waals surface area contributed by atoms with Crippen LogP contribution in [0, 0.1) is 0 Å². The van der Waals surface area contributed by atoms with Gasteiger partial charge in [-0.1, -0.05) is 27.5 Å². The molecule has 3 aromatic rings. The van der Waals surface area contributed by atoms with Crippen LogP contribution in [0.4, 0.5) is 0 Å². The Hall–Kier alpha value is -1.81. The number of phenolic OH excluding ortho intramolecular Hbond substituents is 1. The van der Waals surface area contributed by atoms with Gasteiger partial charge in [0.25, 0.3) is 0 Å². The lowest BCUT2D eigenvalue weighted by atomic mass is 10.2. The normalized spacial score (nSPS) is 11.7. The summed E-state index contributed by atoms with van der Waals surface area (Å²) in [6.45, 7) is 2.47. The standard InChI is InChI=1S/C19H14Br2ClN3O3S/c1-2-25-17(10-3-5-13(22)6-4-10)23-24-19(25)29-15(18(27)28)8-11-7-12(20)9-14(21)16(11)26/h3-9,26H,2H2,1H3,(H,27,28)/b15-8-. The van der Waals surface area contributed by atoms with Crippen molar-refractivity contribution >= 4 is 67.3 Å². The van der Waals surface area contributed by atoms with E-state index >= 15 is 0 Å². The molecule has 2 aromatic carbocycles. The molecule has 0 aliphatic rings. The van der Waals surface area contributed by atoms with Gasteiger partial charge in [-0.25, -0.2) is 4.79 Å². The summed E-state index contributed by atoms with van der Waals surface area (Å²) in [5.41, 5.74) is 1.18. The van der Waals surface area contributed by atoms with Crippen molar-refractivity contribution < 1.29 is 15.0 Å². The van der Waals surface area contributed by atoms with Crippen LogP contribution in [0.2, 0.25) is 5.02 Å². The van der Waals surface area contributed by atoms with E-state index in [4.69, 9.17) is 11.6 Å². The molecule has 6 nitrogen and oxygen atoms in total. The third-order valence-corrected chi connectivity index (χ3v) is 6.20. The van der Waals surface area contributed by atoms with Crippen LogP contribution in [0.5, 0.6) is 5.75 Å². The van der Waals surface area contributed by atoms with Crippen molar-refractivity contribution in [2.75, 3.05) is 0 Å². The topological polar surface area (TPSA) is 88.2 Å². The molecule has 0 saturated carbocycles. The van der Waals surface area contributed by atoms with Crippen molar-refractivity contribution in [3.8, 4) is 17.1 Å². The number of aromatic hydroxyl groups is 1. The average Bonchev–Trinajstić information content (AvgIpc) is 3.08. The Kier molecular flexibility index (Phi) is 7.05. The zero-order chi connectivity index (χ0) is 21.1. The SMILES string of the molecule is CCn1c(S/C(=C\c2cc(Br)cc(Br)c2O)C(=O)O)nnc1-c1ccc(Cl)cc1. The highest BCUT2D eigenvalue weighted by Gasteiger charge is 2.19. The van der Waals surface area contributed by atoms with E-state index in [2.05, 4.69) is 42.1 Å². The smallest absolute Gasteiger partial charge is 0.342 e. The number of hydrogen-bond acceptors (Lipinski definition) is 5. The van der Waals surface area contributed by atoms with E-state index in [0.717, 1.165) is 17.3 Å². The largest absolute Gasteiger partial charge is 0.506 e. The molecular formula is C19H14Br2ClN3O3S. The summed E-state index contributed by atoms with van der Waals surface area (Å²) in [7, 11) is 0. The Labute approximate surface area is 192 Å². The first-order chi connectivity index (χ1) is 13.8. The second kappa shape index (κ2) is 9.34. The number of carboxylic acid groups (broad SMARTS) is 1. The molecule has 10 heteroatoms. The number of carbonyl (C=O) groups is 1. The lowest BCUT2D eigenvalue weighted by Gasteiger charge is -2.09. The molecule has 1 heterocycles. The number of halogens is 3. The summed E-state index contributed by atoms with van der Waals surface area (Å²) in [6.07, 6.45) is 1.40. The number of rotatable bonds is 6. The molecule has 29 heavy (non-hydrogen) atoms. The van der Waals surface area contributed by atoms with E-state index < -0.39 is 5.97 Å². The fourth-order valence-electron chi connectivity index (χ4n) is 2.53. The summed E-state index contributed by atoms with van der Waals surface area (Å²) in [5, 5.41) is 29.3. The molecule has 0 saturated heterocycles. The Morgan fingerprint density at radius 2 is 1.93 bits per heavy atom. The van der Waals surface area contributed by atoms with E-state index in [0.29, 0.717) is 37.1 Å². The maximum atomic E-state index is 11.8. The molecule has 0 radical (unpaired) electrons. The van der Waals surface area contributed by atoms with Gasteiger partial charge in [0, 0.05) is 27.2 Å². The summed E-state index contributed by atoms with van der Waals surface area (Å²) in [6, 6.07) is 10.5. The Balaban J connectivity index is 2.00. The molecule has 0 aliphatic heterocycles. The van der Waals surface area contributed by atoms with Crippen molar-refractivity contribution in [1.82, 2.24) is 14.8 Å². The van der Waals surface area contributed by atoms with Crippen LogP contribution < -0.4 is 0 Å². The second-order valence-corrected chi connectivity index (χ2v) is 9.01. The van der Waals surface area contributed by atoms with Crippen molar-refractivity contribution in [2.24, 2.45) is 0 Å². The zero-order valence-corrected chi connectivity index (χ0v) is 19.7. The molecule has 150 valence electrons. The number of benzene rings is 2. The molecule has 0 amide bonds. The molecule has 0 fully saturated rings. The summed E-state index contributed by atoms with van der Waals surface area (Å²) >= 11 is 13.5. The lowest BCUT2D eigenvalue weighted by Crippen LogP contribution is -2.02. The minimum atomic E-state index is -1.14. The molecular weight excluding hydrogens is 546 g/mol. The van der Waals surface area contributed by atoms with Gasteiger partial charge < -0.3 is 14.8 Å². The highest BCUT2D eigenvalue weighted by molar-refractivity contribution is 9.11. The van der Waals surface area contributed by atoms with Crippen LogP contribution in [0.1, 0.15) is 12.5 Å². The van der Waals surface area contributed by atoms with Crippen molar-refractivity contribution in [2.45, 2.75) is 18.6 Å². The molecule has 0 bridgehead atoms. The highest BCUT2D eigenvalue weighted by Crippen LogP contribution is 2.36. The van der Waals surface area contributed by atoms with Gasteiger partial charge in [-0.15, -0.1) is 10.2 Å². The van der Waals surface area contributed by atoms with Gasteiger partial charge in [0.15, 0.2) is 11.0 Å². The highest BCUT2D eigenvalue weighted by atomic mass is 79.9. The second-order valence-electron chi connectivity index (χ2n) is 5.80. The fourth-order valence-corrected chi connectivity index (χ4v) is 4.79. The third-order valence-electron chi connectivity index (χ3n) is 3.89. The van der Waals surface area contributed by atoms with E-state index in [1.165, 1.54) is 6.08 Å². The van der Waals surface area contributed by atoms with Gasteiger partial charge in [0.05, 0.1) is 4.47 Å². The number of hydrogen-bond donors (Lipinski definition) is 2. The van der Waals surface area contributed by atoms with Crippen molar-refractivity contribution in [3.05, 3.63) is 60.8 Å². The van der Waals surface area contributed by atoms with Gasteiger partial charge in [0.1, 0.15) is 10.7 Å². The molecule has 0 aliphatic carbocycles. The van der Waals surface area contributed by atoms with Gasteiger partial charge in [0.2, 0.25) is 0 Å². The van der Waals surface area contributed by atoms with E-state index in [-0.39, 0.29) is 10.7 Å². The van der Waals surface area contributed by atoms with Gasteiger partial charge >= 0.3 is 5.97 Å². The van der Waals surface area contributed by atoms with Crippen LogP contribution in [0.3, 0.4) is 0 Å². The Morgan fingerprint density at radius 3 is 2.55 bits per heavy atom. The number of carboxylic acids is 1. The average molecular weight is 560 g/mol. The number of thioether (sulfide) groups is 1. The maximum absolute atomic E-state index is 11.8. The van der Waals surface area contributed by atoms with Crippen LogP contribution in [0.15, 0.2) is 55.4 Å². The number of phenols is 1. The summed E-state index contributed by atoms with van der Waals surface area (Å²) in [5.74, 6) is -0.569. The van der Waals surface area contributed by atoms with Crippen LogP contribution in [-0.2, 0) is 11.3 Å². The van der Waals surface area contributed by atoms with E-state index in [1.54, 1.807) is 24.3 Å².